The number of hydrogen-bond donors (Lipinski definition) is 1. The van der Waals surface area contributed by atoms with Gasteiger partial charge in [-0.25, -0.2) is 9.80 Å². The predicted octanol–water partition coefficient (Wildman–Crippen LogP) is 1.19. The summed E-state index contributed by atoms with van der Waals surface area (Å²) in [5.74, 6) is 0. The molecule has 0 aliphatic carbocycles. The third kappa shape index (κ3) is 2.38. The highest BCUT2D eigenvalue weighted by atomic mass is 16.2. The quantitative estimate of drug-likeness (QED) is 0.685. The number of rotatable bonds is 1. The number of hydrazine groups is 1. The summed E-state index contributed by atoms with van der Waals surface area (Å²) in [6, 6.07) is 0.101. The Morgan fingerprint density at radius 2 is 1.43 bits per heavy atom. The van der Waals surface area contributed by atoms with Crippen molar-refractivity contribution in [2.45, 2.75) is 32.1 Å². The molecule has 2 saturated heterocycles. The van der Waals surface area contributed by atoms with Crippen molar-refractivity contribution in [1.82, 2.24) is 15.3 Å². The number of urea groups is 1. The van der Waals surface area contributed by atoms with Crippen LogP contribution in [0, 0.1) is 0 Å². The van der Waals surface area contributed by atoms with E-state index in [2.05, 4.69) is 10.4 Å². The standard InChI is InChI=1S/C10H19N3O/c14-10(12-6-4-5-7-12)11-13-8-2-1-3-9-13/h1-9H2,(H,11,14). The lowest BCUT2D eigenvalue weighted by Crippen LogP contribution is -2.50. The number of carbonyl (C=O) groups excluding carboxylic acids is 1. The second-order valence-corrected chi connectivity index (χ2v) is 4.16. The van der Waals surface area contributed by atoms with E-state index >= 15 is 0 Å². The van der Waals surface area contributed by atoms with E-state index in [-0.39, 0.29) is 6.03 Å². The van der Waals surface area contributed by atoms with Crippen LogP contribution in [0.25, 0.3) is 0 Å². The molecule has 1 N–H and O–H groups in total. The van der Waals surface area contributed by atoms with E-state index in [4.69, 9.17) is 0 Å². The van der Waals surface area contributed by atoms with Crippen LogP contribution in [-0.2, 0) is 0 Å². The van der Waals surface area contributed by atoms with Gasteiger partial charge in [0.25, 0.3) is 0 Å². The maximum absolute atomic E-state index is 11.7. The Balaban J connectivity index is 1.75. The van der Waals surface area contributed by atoms with Crippen LogP contribution in [-0.4, -0.2) is 42.1 Å². The van der Waals surface area contributed by atoms with Gasteiger partial charge in [0, 0.05) is 26.2 Å². The molecule has 0 radical (unpaired) electrons. The molecule has 2 heterocycles. The van der Waals surface area contributed by atoms with Crippen molar-refractivity contribution in [1.29, 1.82) is 0 Å². The highest BCUT2D eigenvalue weighted by molar-refractivity contribution is 5.73. The van der Waals surface area contributed by atoms with Crippen LogP contribution < -0.4 is 5.43 Å². The molecule has 4 heteroatoms. The molecule has 2 rings (SSSR count). The van der Waals surface area contributed by atoms with Gasteiger partial charge in [-0.05, 0) is 25.7 Å². The van der Waals surface area contributed by atoms with Gasteiger partial charge in [-0.3, -0.25) is 5.43 Å². The van der Waals surface area contributed by atoms with E-state index in [0.29, 0.717) is 0 Å². The van der Waals surface area contributed by atoms with E-state index in [1.54, 1.807) is 0 Å². The predicted molar refractivity (Wildman–Crippen MR) is 54.8 cm³/mol. The highest BCUT2D eigenvalue weighted by Gasteiger charge is 2.20. The first-order chi connectivity index (χ1) is 6.86. The normalized spacial score (nSPS) is 23.9. The minimum absolute atomic E-state index is 0.101. The zero-order chi connectivity index (χ0) is 9.80. The number of likely N-dealkylation sites (tertiary alicyclic amines) is 1. The Labute approximate surface area is 85.2 Å². The van der Waals surface area contributed by atoms with E-state index in [0.717, 1.165) is 39.0 Å². The van der Waals surface area contributed by atoms with Crippen LogP contribution in [0.5, 0.6) is 0 Å². The number of amides is 2. The average molecular weight is 197 g/mol. The van der Waals surface area contributed by atoms with Crippen molar-refractivity contribution in [3.63, 3.8) is 0 Å². The molecule has 0 spiro atoms. The molecule has 2 aliphatic rings. The Kier molecular flexibility index (Phi) is 3.24. The van der Waals surface area contributed by atoms with Crippen LogP contribution >= 0.6 is 0 Å². The van der Waals surface area contributed by atoms with E-state index in [9.17, 15) is 4.79 Å². The Morgan fingerprint density at radius 3 is 2.07 bits per heavy atom. The molecule has 0 atom stereocenters. The highest BCUT2D eigenvalue weighted by Crippen LogP contribution is 2.09. The molecule has 0 bridgehead atoms. The van der Waals surface area contributed by atoms with Gasteiger partial charge in [0.1, 0.15) is 0 Å². The first-order valence-corrected chi connectivity index (χ1v) is 5.67. The molecule has 2 fully saturated rings. The van der Waals surface area contributed by atoms with Crippen molar-refractivity contribution in [3.8, 4) is 0 Å². The Bertz CT molecular complexity index is 196. The number of carbonyl (C=O) groups is 1. The fourth-order valence-corrected chi connectivity index (χ4v) is 2.13. The molecule has 0 unspecified atom stereocenters. The van der Waals surface area contributed by atoms with Crippen molar-refractivity contribution in [2.75, 3.05) is 26.2 Å². The minimum atomic E-state index is 0.101. The Morgan fingerprint density at radius 1 is 0.857 bits per heavy atom. The zero-order valence-electron chi connectivity index (χ0n) is 8.67. The van der Waals surface area contributed by atoms with Crippen LogP contribution in [0.3, 0.4) is 0 Å². The van der Waals surface area contributed by atoms with Gasteiger partial charge in [0.2, 0.25) is 0 Å². The summed E-state index contributed by atoms with van der Waals surface area (Å²) in [5.41, 5.74) is 2.98. The molecule has 0 saturated carbocycles. The fourth-order valence-electron chi connectivity index (χ4n) is 2.13. The monoisotopic (exact) mass is 197 g/mol. The number of nitrogens with zero attached hydrogens (tertiary/aromatic N) is 2. The van der Waals surface area contributed by atoms with Crippen LogP contribution in [0.2, 0.25) is 0 Å². The summed E-state index contributed by atoms with van der Waals surface area (Å²) in [7, 11) is 0. The van der Waals surface area contributed by atoms with Gasteiger partial charge in [-0.15, -0.1) is 0 Å². The van der Waals surface area contributed by atoms with Gasteiger partial charge in [-0.2, -0.15) is 0 Å². The lowest BCUT2D eigenvalue weighted by atomic mass is 10.2. The maximum Gasteiger partial charge on any atom is 0.331 e. The fraction of sp³-hybridized carbons (Fsp3) is 0.900. The van der Waals surface area contributed by atoms with E-state index in [1.165, 1.54) is 19.3 Å². The zero-order valence-corrected chi connectivity index (χ0v) is 8.67. The summed E-state index contributed by atoms with van der Waals surface area (Å²) < 4.78 is 0. The van der Waals surface area contributed by atoms with Crippen LogP contribution in [0.1, 0.15) is 32.1 Å². The maximum atomic E-state index is 11.7. The van der Waals surface area contributed by atoms with Gasteiger partial charge in [-0.1, -0.05) is 6.42 Å². The lowest BCUT2D eigenvalue weighted by Gasteiger charge is -2.29. The molecule has 0 aromatic rings. The van der Waals surface area contributed by atoms with E-state index in [1.807, 2.05) is 4.90 Å². The summed E-state index contributed by atoms with van der Waals surface area (Å²) in [6.07, 6.45) is 6.04. The Hall–Kier alpha value is -0.770. The third-order valence-corrected chi connectivity index (χ3v) is 3.00. The summed E-state index contributed by atoms with van der Waals surface area (Å²) in [6.45, 7) is 3.89. The third-order valence-electron chi connectivity index (χ3n) is 3.00. The van der Waals surface area contributed by atoms with Gasteiger partial charge < -0.3 is 4.90 Å². The summed E-state index contributed by atoms with van der Waals surface area (Å²) >= 11 is 0. The average Bonchev–Trinajstić information content (AvgIpc) is 2.72. The minimum Gasteiger partial charge on any atom is -0.324 e. The van der Waals surface area contributed by atoms with Crippen molar-refractivity contribution in [3.05, 3.63) is 0 Å². The van der Waals surface area contributed by atoms with Crippen LogP contribution in [0.15, 0.2) is 0 Å². The lowest BCUT2D eigenvalue weighted by molar-refractivity contribution is 0.135. The second kappa shape index (κ2) is 4.64. The molecule has 14 heavy (non-hydrogen) atoms. The molecule has 80 valence electrons. The topological polar surface area (TPSA) is 35.6 Å². The van der Waals surface area contributed by atoms with Crippen molar-refractivity contribution in [2.24, 2.45) is 0 Å². The summed E-state index contributed by atoms with van der Waals surface area (Å²) in [4.78, 5) is 13.6. The molecular weight excluding hydrogens is 178 g/mol. The number of hydrogen-bond acceptors (Lipinski definition) is 2. The van der Waals surface area contributed by atoms with Crippen LogP contribution in [0.4, 0.5) is 4.79 Å². The van der Waals surface area contributed by atoms with Gasteiger partial charge >= 0.3 is 6.03 Å². The first-order valence-electron chi connectivity index (χ1n) is 5.67. The van der Waals surface area contributed by atoms with Crippen molar-refractivity contribution >= 4 is 6.03 Å². The van der Waals surface area contributed by atoms with Gasteiger partial charge in [0.05, 0.1) is 0 Å². The molecule has 0 aromatic carbocycles. The largest absolute Gasteiger partial charge is 0.331 e. The number of piperidine rings is 1. The molecule has 0 aromatic heterocycles. The first kappa shape index (κ1) is 9.77. The van der Waals surface area contributed by atoms with Crippen molar-refractivity contribution < 1.29 is 4.79 Å². The van der Waals surface area contributed by atoms with E-state index < -0.39 is 0 Å². The number of nitrogens with one attached hydrogen (secondary N) is 1. The second-order valence-electron chi connectivity index (χ2n) is 4.16. The smallest absolute Gasteiger partial charge is 0.324 e. The molecule has 4 nitrogen and oxygen atoms in total. The molecule has 2 aliphatic heterocycles. The summed E-state index contributed by atoms with van der Waals surface area (Å²) in [5, 5.41) is 2.06. The molecule has 2 amide bonds. The van der Waals surface area contributed by atoms with Gasteiger partial charge in [0.15, 0.2) is 0 Å². The SMILES string of the molecule is O=C(NN1CCCCC1)N1CCCC1. The molecular formula is C10H19N3O.